The Morgan fingerprint density at radius 3 is 2.35 bits per heavy atom. The van der Waals surface area contributed by atoms with Gasteiger partial charge in [0, 0.05) is 22.9 Å². The number of rotatable bonds is 6. The van der Waals surface area contributed by atoms with Gasteiger partial charge in [0.15, 0.2) is 5.78 Å². The zero-order valence-electron chi connectivity index (χ0n) is 18.4. The predicted molar refractivity (Wildman–Crippen MR) is 120 cm³/mol. The van der Waals surface area contributed by atoms with E-state index in [1.165, 1.54) is 6.92 Å². The Labute approximate surface area is 182 Å². The van der Waals surface area contributed by atoms with E-state index >= 15 is 0 Å². The van der Waals surface area contributed by atoms with E-state index in [4.69, 9.17) is 9.47 Å². The molecule has 1 N–H and O–H groups in total. The van der Waals surface area contributed by atoms with Gasteiger partial charge in [-0.1, -0.05) is 30.3 Å². The number of aryl methyl sites for hydroxylation is 2. The first-order chi connectivity index (χ1) is 14.8. The molecule has 2 aromatic carbocycles. The quantitative estimate of drug-likeness (QED) is 0.559. The van der Waals surface area contributed by atoms with E-state index in [9.17, 15) is 9.59 Å². The number of carbonyl (C=O) groups is 2. The van der Waals surface area contributed by atoms with Crippen LogP contribution in [0.1, 0.15) is 39.7 Å². The topological polar surface area (TPSA) is 77.5 Å². The second-order valence-electron chi connectivity index (χ2n) is 7.46. The Balaban J connectivity index is 1.71. The molecule has 1 heterocycles. The summed E-state index contributed by atoms with van der Waals surface area (Å²) in [6.45, 7) is 7.53. The molecule has 0 aliphatic heterocycles. The molecule has 3 aromatic rings. The van der Waals surface area contributed by atoms with Crippen LogP contribution in [0.25, 0.3) is 11.1 Å². The lowest BCUT2D eigenvalue weighted by atomic mass is 10.0. The van der Waals surface area contributed by atoms with Crippen LogP contribution >= 0.6 is 0 Å². The van der Waals surface area contributed by atoms with Crippen molar-refractivity contribution in [3.63, 3.8) is 0 Å². The van der Waals surface area contributed by atoms with Crippen molar-refractivity contribution < 1.29 is 19.1 Å². The average Bonchev–Trinajstić information content (AvgIpc) is 2.73. The summed E-state index contributed by atoms with van der Waals surface area (Å²) in [6, 6.07) is 12.9. The van der Waals surface area contributed by atoms with Crippen molar-refractivity contribution >= 4 is 11.9 Å². The van der Waals surface area contributed by atoms with Crippen molar-refractivity contribution in [2.24, 2.45) is 0 Å². The molecule has 0 radical (unpaired) electrons. The summed E-state index contributed by atoms with van der Waals surface area (Å²) in [7, 11) is 1.61. The number of hydrogen-bond donors (Lipinski definition) is 1. The van der Waals surface area contributed by atoms with Gasteiger partial charge in [-0.3, -0.25) is 9.78 Å². The number of methoxy groups -OCH3 is 1. The van der Waals surface area contributed by atoms with Crippen LogP contribution in [0.4, 0.5) is 4.79 Å². The van der Waals surface area contributed by atoms with Gasteiger partial charge in [0.25, 0.3) is 0 Å². The highest BCUT2D eigenvalue weighted by Crippen LogP contribution is 2.27. The zero-order chi connectivity index (χ0) is 22.5. The maximum Gasteiger partial charge on any atom is 0.412 e. The summed E-state index contributed by atoms with van der Waals surface area (Å²) in [5.41, 5.74) is 5.99. The van der Waals surface area contributed by atoms with Gasteiger partial charge in [-0.15, -0.1) is 0 Å². The van der Waals surface area contributed by atoms with E-state index in [1.54, 1.807) is 37.6 Å². The molecule has 0 aliphatic carbocycles. The lowest BCUT2D eigenvalue weighted by Crippen LogP contribution is -2.27. The van der Waals surface area contributed by atoms with Crippen molar-refractivity contribution in [2.75, 3.05) is 7.11 Å². The Morgan fingerprint density at radius 1 is 1.00 bits per heavy atom. The third kappa shape index (κ3) is 5.28. The van der Waals surface area contributed by atoms with Crippen LogP contribution in [0.3, 0.4) is 0 Å². The fourth-order valence-electron chi connectivity index (χ4n) is 3.42. The van der Waals surface area contributed by atoms with Gasteiger partial charge in [-0.25, -0.2) is 4.79 Å². The lowest BCUT2D eigenvalue weighted by molar-refractivity contribution is 0.101. The normalized spacial score (nSPS) is 10.5. The van der Waals surface area contributed by atoms with Crippen LogP contribution in [0.15, 0.2) is 48.7 Å². The maximum absolute atomic E-state index is 12.4. The number of pyridine rings is 1. The summed E-state index contributed by atoms with van der Waals surface area (Å²) in [4.78, 5) is 28.2. The molecule has 6 heteroatoms. The molecule has 0 atom stereocenters. The van der Waals surface area contributed by atoms with Gasteiger partial charge in [0.05, 0.1) is 19.3 Å². The number of nitrogens with one attached hydrogen (secondary N) is 1. The minimum Gasteiger partial charge on any atom is -0.496 e. The third-order valence-electron chi connectivity index (χ3n) is 5.04. The van der Waals surface area contributed by atoms with Crippen LogP contribution in [0.5, 0.6) is 11.5 Å². The molecule has 0 spiro atoms. The van der Waals surface area contributed by atoms with Gasteiger partial charge < -0.3 is 14.8 Å². The monoisotopic (exact) mass is 418 g/mol. The number of benzene rings is 2. The molecule has 160 valence electrons. The number of nitrogens with zero attached hydrogens (tertiary/aromatic N) is 1. The van der Waals surface area contributed by atoms with Crippen molar-refractivity contribution in [3.8, 4) is 22.6 Å². The molecule has 0 saturated carbocycles. The summed E-state index contributed by atoms with van der Waals surface area (Å²) in [6.07, 6.45) is 1.16. The molecule has 0 aliphatic rings. The van der Waals surface area contributed by atoms with Gasteiger partial charge in [0.2, 0.25) is 0 Å². The van der Waals surface area contributed by atoms with Crippen molar-refractivity contribution in [1.82, 2.24) is 10.3 Å². The summed E-state index contributed by atoms with van der Waals surface area (Å²) in [5.74, 6) is 1.22. The van der Waals surface area contributed by atoms with Gasteiger partial charge in [-0.2, -0.15) is 0 Å². The number of ketones is 1. The number of ether oxygens (including phenoxy) is 2. The molecule has 0 bridgehead atoms. The zero-order valence-corrected chi connectivity index (χ0v) is 18.4. The Bertz CT molecular complexity index is 1120. The van der Waals surface area contributed by atoms with Crippen molar-refractivity contribution in [2.45, 2.75) is 34.2 Å². The molecule has 0 saturated heterocycles. The van der Waals surface area contributed by atoms with Gasteiger partial charge in [0.1, 0.15) is 11.5 Å². The standard InChI is InChI=1S/C25H26N2O4/c1-15-10-21(20-8-6-19(7-9-20)18(4)28)12-22(11-15)31-25(29)27-14-23-17(3)24(30-5)16(2)13-26-23/h6-13H,14H2,1-5H3,(H,27,29). The lowest BCUT2D eigenvalue weighted by Gasteiger charge is -2.13. The molecular weight excluding hydrogens is 392 g/mol. The molecule has 1 amide bonds. The molecule has 0 unspecified atom stereocenters. The largest absolute Gasteiger partial charge is 0.496 e. The highest BCUT2D eigenvalue weighted by molar-refractivity contribution is 5.94. The SMILES string of the molecule is COc1c(C)cnc(CNC(=O)Oc2cc(C)cc(-c3ccc(C(C)=O)cc3)c2)c1C. The number of aromatic nitrogens is 1. The fraction of sp³-hybridized carbons (Fsp3) is 0.240. The van der Waals surface area contributed by atoms with E-state index in [1.807, 2.05) is 39.0 Å². The average molecular weight is 418 g/mol. The van der Waals surface area contributed by atoms with Crippen LogP contribution in [0.2, 0.25) is 0 Å². The molecule has 1 aromatic heterocycles. The highest BCUT2D eigenvalue weighted by atomic mass is 16.6. The molecule has 0 fully saturated rings. The van der Waals surface area contributed by atoms with E-state index in [-0.39, 0.29) is 12.3 Å². The van der Waals surface area contributed by atoms with Crippen LogP contribution in [0, 0.1) is 20.8 Å². The van der Waals surface area contributed by atoms with Crippen LogP contribution < -0.4 is 14.8 Å². The van der Waals surface area contributed by atoms with E-state index in [0.717, 1.165) is 39.3 Å². The summed E-state index contributed by atoms with van der Waals surface area (Å²) >= 11 is 0. The number of carbonyl (C=O) groups excluding carboxylic acids is 2. The molecule has 3 rings (SSSR count). The van der Waals surface area contributed by atoms with Crippen LogP contribution in [-0.2, 0) is 6.54 Å². The second-order valence-corrected chi connectivity index (χ2v) is 7.46. The minimum atomic E-state index is -0.566. The molecular formula is C25H26N2O4. The Hall–Kier alpha value is -3.67. The number of amides is 1. The smallest absolute Gasteiger partial charge is 0.412 e. The second kappa shape index (κ2) is 9.43. The van der Waals surface area contributed by atoms with Crippen molar-refractivity contribution in [3.05, 3.63) is 76.6 Å². The first kappa shape index (κ1) is 22.0. The Morgan fingerprint density at radius 2 is 1.71 bits per heavy atom. The highest BCUT2D eigenvalue weighted by Gasteiger charge is 2.12. The summed E-state index contributed by atoms with van der Waals surface area (Å²) < 4.78 is 10.9. The maximum atomic E-state index is 12.4. The minimum absolute atomic E-state index is 0.0207. The number of hydrogen-bond acceptors (Lipinski definition) is 5. The van der Waals surface area contributed by atoms with E-state index in [0.29, 0.717) is 11.3 Å². The van der Waals surface area contributed by atoms with E-state index < -0.39 is 6.09 Å². The van der Waals surface area contributed by atoms with E-state index in [2.05, 4.69) is 10.3 Å². The first-order valence-corrected chi connectivity index (χ1v) is 9.96. The predicted octanol–water partition coefficient (Wildman–Crippen LogP) is 5.17. The van der Waals surface area contributed by atoms with Crippen LogP contribution in [-0.4, -0.2) is 24.0 Å². The fourth-order valence-corrected chi connectivity index (χ4v) is 3.42. The van der Waals surface area contributed by atoms with Gasteiger partial charge >= 0.3 is 6.09 Å². The Kier molecular flexibility index (Phi) is 6.70. The summed E-state index contributed by atoms with van der Waals surface area (Å²) in [5, 5.41) is 2.74. The van der Waals surface area contributed by atoms with Crippen molar-refractivity contribution in [1.29, 1.82) is 0 Å². The number of Topliss-reactive ketones (excluding diaryl/α,β-unsaturated/α-hetero) is 1. The molecule has 6 nitrogen and oxygen atoms in total. The third-order valence-corrected chi connectivity index (χ3v) is 5.04. The first-order valence-electron chi connectivity index (χ1n) is 9.96. The molecule has 31 heavy (non-hydrogen) atoms. The van der Waals surface area contributed by atoms with Gasteiger partial charge in [-0.05, 0) is 56.5 Å².